The van der Waals surface area contributed by atoms with Crippen molar-refractivity contribution >= 4 is 28.4 Å². The van der Waals surface area contributed by atoms with Crippen LogP contribution in [0.4, 0.5) is 4.39 Å². The number of halogens is 1. The van der Waals surface area contributed by atoms with Crippen molar-refractivity contribution in [3.63, 3.8) is 0 Å². The standard InChI is InChI=1S/C15H15FN2S/c1-5-10(14(16)9(2)3)13-12(19-4)7-6-11-15(13)18-8-17-11/h5-8H,1-2H2,3-4H3,(H,17,18)/b14-10-. The van der Waals surface area contributed by atoms with E-state index in [1.165, 1.54) is 6.08 Å². The number of thioether (sulfide) groups is 1. The Balaban J connectivity index is 2.85. The highest BCUT2D eigenvalue weighted by atomic mass is 32.2. The molecule has 0 bridgehead atoms. The summed E-state index contributed by atoms with van der Waals surface area (Å²) in [4.78, 5) is 8.29. The van der Waals surface area contributed by atoms with Crippen molar-refractivity contribution < 1.29 is 4.39 Å². The van der Waals surface area contributed by atoms with Crippen molar-refractivity contribution in [1.82, 2.24) is 9.97 Å². The number of nitrogens with one attached hydrogen (secondary N) is 1. The lowest BCUT2D eigenvalue weighted by Gasteiger charge is -2.11. The van der Waals surface area contributed by atoms with Gasteiger partial charge in [0.1, 0.15) is 5.83 Å². The number of imidazole rings is 1. The Morgan fingerprint density at radius 2 is 2.21 bits per heavy atom. The van der Waals surface area contributed by atoms with Gasteiger partial charge in [0, 0.05) is 16.0 Å². The predicted octanol–water partition coefficient (Wildman–Crippen LogP) is 4.73. The van der Waals surface area contributed by atoms with E-state index in [4.69, 9.17) is 0 Å². The summed E-state index contributed by atoms with van der Waals surface area (Å²) in [7, 11) is 0. The van der Waals surface area contributed by atoms with Gasteiger partial charge < -0.3 is 4.98 Å². The summed E-state index contributed by atoms with van der Waals surface area (Å²) in [5.74, 6) is -0.346. The molecule has 2 nitrogen and oxygen atoms in total. The highest BCUT2D eigenvalue weighted by Gasteiger charge is 2.16. The van der Waals surface area contributed by atoms with Gasteiger partial charge >= 0.3 is 0 Å². The number of aromatic amines is 1. The fraction of sp³-hybridized carbons (Fsp3) is 0.133. The summed E-state index contributed by atoms with van der Waals surface area (Å²) in [5, 5.41) is 0. The molecule has 1 aromatic heterocycles. The Bertz CT molecular complexity index is 683. The van der Waals surface area contributed by atoms with Gasteiger partial charge in [-0.2, -0.15) is 0 Å². The highest BCUT2D eigenvalue weighted by molar-refractivity contribution is 7.98. The molecular formula is C15H15FN2S. The average Bonchev–Trinajstić information content (AvgIpc) is 2.87. The van der Waals surface area contributed by atoms with Gasteiger partial charge in [-0.15, -0.1) is 11.8 Å². The Morgan fingerprint density at radius 3 is 2.79 bits per heavy atom. The molecule has 1 aromatic carbocycles. The van der Waals surface area contributed by atoms with Crippen LogP contribution in [0.1, 0.15) is 12.5 Å². The second kappa shape index (κ2) is 5.45. The van der Waals surface area contributed by atoms with Gasteiger partial charge in [-0.25, -0.2) is 9.37 Å². The summed E-state index contributed by atoms with van der Waals surface area (Å²) in [6, 6.07) is 3.90. The Morgan fingerprint density at radius 1 is 1.47 bits per heavy atom. The lowest BCUT2D eigenvalue weighted by molar-refractivity contribution is 0.656. The van der Waals surface area contributed by atoms with Crippen LogP contribution in [0, 0.1) is 0 Å². The van der Waals surface area contributed by atoms with E-state index in [0.717, 1.165) is 21.5 Å². The number of H-pyrrole nitrogens is 1. The van der Waals surface area contributed by atoms with Crippen LogP contribution in [0.15, 0.2) is 54.0 Å². The number of nitrogens with zero attached hydrogens (tertiary/aromatic N) is 1. The van der Waals surface area contributed by atoms with Gasteiger partial charge in [0.2, 0.25) is 0 Å². The summed E-state index contributed by atoms with van der Waals surface area (Å²) >= 11 is 1.55. The molecule has 0 saturated carbocycles. The summed E-state index contributed by atoms with van der Waals surface area (Å²) in [6.45, 7) is 9.02. The molecule has 0 amide bonds. The van der Waals surface area contributed by atoms with Gasteiger partial charge in [-0.05, 0) is 30.9 Å². The average molecular weight is 274 g/mol. The molecule has 2 aromatic rings. The summed E-state index contributed by atoms with van der Waals surface area (Å²) in [5.41, 5.74) is 3.21. The molecule has 19 heavy (non-hydrogen) atoms. The quantitative estimate of drug-likeness (QED) is 0.645. The maximum Gasteiger partial charge on any atom is 0.133 e. The molecule has 0 unspecified atom stereocenters. The van der Waals surface area contributed by atoms with Gasteiger partial charge in [-0.3, -0.25) is 0 Å². The van der Waals surface area contributed by atoms with E-state index in [1.807, 2.05) is 18.4 Å². The topological polar surface area (TPSA) is 28.7 Å². The first-order valence-electron chi connectivity index (χ1n) is 5.78. The zero-order valence-electron chi connectivity index (χ0n) is 11.0. The van der Waals surface area contributed by atoms with Crippen molar-refractivity contribution in [3.8, 4) is 0 Å². The molecule has 0 fully saturated rings. The number of hydrogen-bond acceptors (Lipinski definition) is 2. The minimum Gasteiger partial charge on any atom is -0.345 e. The van der Waals surface area contributed by atoms with Crippen LogP contribution in [-0.4, -0.2) is 16.2 Å². The second-order valence-electron chi connectivity index (χ2n) is 4.15. The zero-order valence-corrected chi connectivity index (χ0v) is 11.8. The lowest BCUT2D eigenvalue weighted by Crippen LogP contribution is -1.92. The van der Waals surface area contributed by atoms with E-state index in [0.29, 0.717) is 11.1 Å². The molecule has 98 valence electrons. The summed E-state index contributed by atoms with van der Waals surface area (Å²) < 4.78 is 14.3. The molecule has 0 atom stereocenters. The molecule has 1 heterocycles. The van der Waals surface area contributed by atoms with Crippen LogP contribution in [0.25, 0.3) is 16.6 Å². The van der Waals surface area contributed by atoms with Gasteiger partial charge in [0.25, 0.3) is 0 Å². The Labute approximate surface area is 116 Å². The first-order valence-corrected chi connectivity index (χ1v) is 7.01. The normalized spacial score (nSPS) is 12.4. The van der Waals surface area contributed by atoms with Crippen LogP contribution >= 0.6 is 11.8 Å². The number of rotatable bonds is 4. The van der Waals surface area contributed by atoms with E-state index >= 15 is 0 Å². The van der Waals surface area contributed by atoms with Crippen LogP contribution in [0.3, 0.4) is 0 Å². The fourth-order valence-electron chi connectivity index (χ4n) is 1.95. The van der Waals surface area contributed by atoms with Crippen molar-refractivity contribution in [2.75, 3.05) is 6.26 Å². The monoisotopic (exact) mass is 274 g/mol. The molecule has 0 spiro atoms. The van der Waals surface area contributed by atoms with E-state index in [2.05, 4.69) is 23.1 Å². The Kier molecular flexibility index (Phi) is 3.90. The number of hydrogen-bond donors (Lipinski definition) is 1. The maximum atomic E-state index is 14.3. The number of aromatic nitrogens is 2. The number of allylic oxidation sites excluding steroid dienone is 4. The molecule has 0 aliphatic heterocycles. The molecule has 0 aliphatic rings. The van der Waals surface area contributed by atoms with E-state index < -0.39 is 0 Å². The predicted molar refractivity (Wildman–Crippen MR) is 80.9 cm³/mol. The zero-order chi connectivity index (χ0) is 14.0. The summed E-state index contributed by atoms with van der Waals surface area (Å²) in [6.07, 6.45) is 5.08. The van der Waals surface area contributed by atoms with Crippen molar-refractivity contribution in [1.29, 1.82) is 0 Å². The third-order valence-electron chi connectivity index (χ3n) is 2.86. The Hall–Kier alpha value is -1.81. The maximum absolute atomic E-state index is 14.3. The number of fused-ring (bicyclic) bond motifs is 1. The SMILES string of the molecule is C=C/C(=C(/F)C(=C)C)c1c(SC)ccc2[nH]cnc12. The molecule has 0 aliphatic carbocycles. The van der Waals surface area contributed by atoms with E-state index in [-0.39, 0.29) is 5.83 Å². The second-order valence-corrected chi connectivity index (χ2v) is 5.00. The van der Waals surface area contributed by atoms with Crippen molar-refractivity contribution in [3.05, 3.63) is 54.7 Å². The van der Waals surface area contributed by atoms with Crippen LogP contribution in [0.2, 0.25) is 0 Å². The lowest BCUT2D eigenvalue weighted by atomic mass is 10.0. The van der Waals surface area contributed by atoms with Crippen LogP contribution < -0.4 is 0 Å². The first kappa shape index (κ1) is 13.6. The highest BCUT2D eigenvalue weighted by Crippen LogP contribution is 2.36. The van der Waals surface area contributed by atoms with E-state index in [1.54, 1.807) is 25.0 Å². The van der Waals surface area contributed by atoms with Crippen molar-refractivity contribution in [2.24, 2.45) is 0 Å². The van der Waals surface area contributed by atoms with Gasteiger partial charge in [0.15, 0.2) is 0 Å². The molecule has 0 radical (unpaired) electrons. The molecule has 1 N–H and O–H groups in total. The van der Waals surface area contributed by atoms with Gasteiger partial charge in [-0.1, -0.05) is 19.2 Å². The smallest absolute Gasteiger partial charge is 0.133 e. The molecule has 0 saturated heterocycles. The molecule has 2 rings (SSSR count). The third kappa shape index (κ3) is 2.36. The molecular weight excluding hydrogens is 259 g/mol. The van der Waals surface area contributed by atoms with Crippen molar-refractivity contribution in [2.45, 2.75) is 11.8 Å². The minimum atomic E-state index is -0.346. The molecule has 4 heteroatoms. The van der Waals surface area contributed by atoms with Crippen LogP contribution in [-0.2, 0) is 0 Å². The third-order valence-corrected chi connectivity index (χ3v) is 3.64. The minimum absolute atomic E-state index is 0.346. The number of benzene rings is 1. The van der Waals surface area contributed by atoms with E-state index in [9.17, 15) is 4.39 Å². The van der Waals surface area contributed by atoms with Gasteiger partial charge in [0.05, 0.1) is 17.4 Å². The fourth-order valence-corrected chi connectivity index (χ4v) is 2.57. The van der Waals surface area contributed by atoms with Crippen LogP contribution in [0.5, 0.6) is 0 Å². The first-order chi connectivity index (χ1) is 9.10. The largest absolute Gasteiger partial charge is 0.345 e.